The quantitative estimate of drug-likeness (QED) is 0.711. The highest BCUT2D eigenvalue weighted by Crippen LogP contribution is 2.21. The van der Waals surface area contributed by atoms with Gasteiger partial charge in [-0.1, -0.05) is 49.6 Å². The van der Waals surface area contributed by atoms with Crippen molar-refractivity contribution in [1.29, 1.82) is 0 Å². The van der Waals surface area contributed by atoms with Crippen LogP contribution >= 0.6 is 0 Å². The second-order valence-electron chi connectivity index (χ2n) is 5.18. The zero-order chi connectivity index (χ0) is 14.9. The summed E-state index contributed by atoms with van der Waals surface area (Å²) in [5.74, 6) is 0.753. The molecule has 1 aromatic heterocycles. The van der Waals surface area contributed by atoms with Crippen LogP contribution in [0.25, 0.3) is 0 Å². The molecule has 0 saturated heterocycles. The Morgan fingerprint density at radius 3 is 2.62 bits per heavy atom. The van der Waals surface area contributed by atoms with Gasteiger partial charge in [0.05, 0.1) is 7.11 Å². The molecule has 1 heterocycles. The number of methoxy groups -OCH3 is 1. The van der Waals surface area contributed by atoms with Crippen LogP contribution in [0.2, 0.25) is 0 Å². The molecule has 4 nitrogen and oxygen atoms in total. The van der Waals surface area contributed by atoms with Crippen molar-refractivity contribution in [2.45, 2.75) is 44.6 Å². The molecule has 114 valence electrons. The standard InChI is InChI=1S/C17H23NO3/c1-20-16-13-21-17(18-16)15(19)12-8-3-2-5-9-14-10-6-4-7-11-14/h4,6-7,10-11,13,15,19H,2-3,5,8-9,12H2,1H3. The average Bonchev–Trinajstić information content (AvgIpc) is 3.00. The van der Waals surface area contributed by atoms with E-state index in [0.717, 1.165) is 19.3 Å². The van der Waals surface area contributed by atoms with Crippen LogP contribution in [0.5, 0.6) is 5.88 Å². The molecular formula is C17H23NO3. The number of benzene rings is 1. The Hall–Kier alpha value is -1.81. The monoisotopic (exact) mass is 289 g/mol. The predicted molar refractivity (Wildman–Crippen MR) is 81.2 cm³/mol. The summed E-state index contributed by atoms with van der Waals surface area (Å²) in [5, 5.41) is 9.95. The number of hydrogen-bond acceptors (Lipinski definition) is 4. The average molecular weight is 289 g/mol. The van der Waals surface area contributed by atoms with Gasteiger partial charge in [0, 0.05) is 0 Å². The smallest absolute Gasteiger partial charge is 0.252 e. The highest BCUT2D eigenvalue weighted by Gasteiger charge is 2.14. The van der Waals surface area contributed by atoms with Crippen molar-refractivity contribution >= 4 is 0 Å². The van der Waals surface area contributed by atoms with Crippen LogP contribution in [-0.4, -0.2) is 17.2 Å². The summed E-state index contributed by atoms with van der Waals surface area (Å²) in [4.78, 5) is 4.04. The Kier molecular flexibility index (Phi) is 6.28. The highest BCUT2D eigenvalue weighted by atomic mass is 16.5. The van der Waals surface area contributed by atoms with E-state index < -0.39 is 6.10 Å². The molecule has 1 unspecified atom stereocenters. The van der Waals surface area contributed by atoms with Gasteiger partial charge in [0.2, 0.25) is 5.89 Å². The summed E-state index contributed by atoms with van der Waals surface area (Å²) in [6.07, 6.45) is 7.03. The van der Waals surface area contributed by atoms with E-state index in [2.05, 4.69) is 29.2 Å². The van der Waals surface area contributed by atoms with Gasteiger partial charge in [-0.3, -0.25) is 0 Å². The van der Waals surface area contributed by atoms with Crippen molar-refractivity contribution in [1.82, 2.24) is 4.98 Å². The predicted octanol–water partition coefficient (Wildman–Crippen LogP) is 3.91. The highest BCUT2D eigenvalue weighted by molar-refractivity contribution is 5.14. The molecule has 0 radical (unpaired) electrons. The zero-order valence-corrected chi connectivity index (χ0v) is 12.5. The SMILES string of the molecule is COc1coc(C(O)CCCCCCc2ccccc2)n1. The zero-order valence-electron chi connectivity index (χ0n) is 12.5. The lowest BCUT2D eigenvalue weighted by atomic mass is 10.0. The number of ether oxygens (including phenoxy) is 1. The molecule has 0 aliphatic heterocycles. The van der Waals surface area contributed by atoms with Gasteiger partial charge in [-0.05, 0) is 24.8 Å². The van der Waals surface area contributed by atoms with Crippen molar-refractivity contribution in [3.8, 4) is 5.88 Å². The summed E-state index contributed by atoms with van der Waals surface area (Å²) in [7, 11) is 1.53. The van der Waals surface area contributed by atoms with Crippen LogP contribution in [0.1, 0.15) is 49.7 Å². The number of aromatic nitrogens is 1. The van der Waals surface area contributed by atoms with E-state index in [1.54, 1.807) is 0 Å². The van der Waals surface area contributed by atoms with Gasteiger partial charge >= 0.3 is 0 Å². The number of rotatable bonds is 9. The Labute approximate surface area is 125 Å². The molecular weight excluding hydrogens is 266 g/mol. The molecule has 21 heavy (non-hydrogen) atoms. The van der Waals surface area contributed by atoms with Gasteiger partial charge in [0.1, 0.15) is 6.10 Å². The Morgan fingerprint density at radius 2 is 1.90 bits per heavy atom. The Balaban J connectivity index is 1.57. The van der Waals surface area contributed by atoms with Crippen molar-refractivity contribution in [2.24, 2.45) is 0 Å². The molecule has 2 aromatic rings. The lowest BCUT2D eigenvalue weighted by molar-refractivity contribution is 0.130. The molecule has 0 aliphatic carbocycles. The third kappa shape index (κ3) is 5.23. The maximum atomic E-state index is 9.95. The van der Waals surface area contributed by atoms with E-state index in [-0.39, 0.29) is 0 Å². The molecule has 0 fully saturated rings. The molecule has 0 spiro atoms. The fourth-order valence-electron chi connectivity index (χ4n) is 2.31. The number of aryl methyl sites for hydroxylation is 1. The van der Waals surface area contributed by atoms with Gasteiger partial charge < -0.3 is 14.3 Å². The summed E-state index contributed by atoms with van der Waals surface area (Å²) in [6.45, 7) is 0. The summed E-state index contributed by atoms with van der Waals surface area (Å²) < 4.78 is 10.1. The molecule has 4 heteroatoms. The van der Waals surface area contributed by atoms with Crippen LogP contribution < -0.4 is 4.74 Å². The minimum absolute atomic E-state index is 0.344. The molecule has 0 amide bonds. The largest absolute Gasteiger partial charge is 0.479 e. The number of aliphatic hydroxyl groups excluding tert-OH is 1. The van der Waals surface area contributed by atoms with E-state index in [0.29, 0.717) is 18.2 Å². The first-order valence-electron chi connectivity index (χ1n) is 7.51. The van der Waals surface area contributed by atoms with Gasteiger partial charge in [-0.15, -0.1) is 0 Å². The first-order valence-corrected chi connectivity index (χ1v) is 7.51. The van der Waals surface area contributed by atoms with E-state index in [1.807, 2.05) is 6.07 Å². The van der Waals surface area contributed by atoms with Crippen LogP contribution in [0.4, 0.5) is 0 Å². The maximum Gasteiger partial charge on any atom is 0.252 e. The molecule has 1 N–H and O–H groups in total. The minimum atomic E-state index is -0.636. The second kappa shape index (κ2) is 8.47. The van der Waals surface area contributed by atoms with Crippen LogP contribution in [0.3, 0.4) is 0 Å². The lowest BCUT2D eigenvalue weighted by Gasteiger charge is -2.06. The van der Waals surface area contributed by atoms with Crippen molar-refractivity contribution in [2.75, 3.05) is 7.11 Å². The lowest BCUT2D eigenvalue weighted by Crippen LogP contribution is -1.98. The molecule has 1 atom stereocenters. The van der Waals surface area contributed by atoms with Gasteiger partial charge in [0.15, 0.2) is 6.26 Å². The first kappa shape index (κ1) is 15.6. The van der Waals surface area contributed by atoms with Gasteiger partial charge in [-0.25, -0.2) is 0 Å². The van der Waals surface area contributed by atoms with Crippen LogP contribution in [0, 0.1) is 0 Å². The van der Waals surface area contributed by atoms with Crippen molar-refractivity contribution in [3.63, 3.8) is 0 Å². The molecule has 1 aromatic carbocycles. The second-order valence-corrected chi connectivity index (χ2v) is 5.18. The number of unbranched alkanes of at least 4 members (excludes halogenated alkanes) is 3. The molecule has 0 saturated carbocycles. The first-order chi connectivity index (χ1) is 10.3. The Bertz CT molecular complexity index is 510. The van der Waals surface area contributed by atoms with E-state index in [4.69, 9.17) is 9.15 Å². The van der Waals surface area contributed by atoms with Gasteiger partial charge in [0.25, 0.3) is 5.88 Å². The number of nitrogens with zero attached hydrogens (tertiary/aromatic N) is 1. The minimum Gasteiger partial charge on any atom is -0.479 e. The summed E-state index contributed by atoms with van der Waals surface area (Å²) in [6, 6.07) is 10.5. The van der Waals surface area contributed by atoms with Crippen LogP contribution in [-0.2, 0) is 6.42 Å². The molecule has 2 rings (SSSR count). The fourth-order valence-corrected chi connectivity index (χ4v) is 2.31. The number of oxazole rings is 1. The maximum absolute atomic E-state index is 9.95. The van der Waals surface area contributed by atoms with E-state index in [9.17, 15) is 5.11 Å². The van der Waals surface area contributed by atoms with Crippen molar-refractivity contribution in [3.05, 3.63) is 48.0 Å². The number of aliphatic hydroxyl groups is 1. The number of hydrogen-bond donors (Lipinski definition) is 1. The topological polar surface area (TPSA) is 55.5 Å². The molecule has 0 aliphatic rings. The summed E-state index contributed by atoms with van der Waals surface area (Å²) in [5.41, 5.74) is 1.39. The van der Waals surface area contributed by atoms with Crippen LogP contribution in [0.15, 0.2) is 41.0 Å². The van der Waals surface area contributed by atoms with E-state index in [1.165, 1.54) is 31.8 Å². The molecule has 0 bridgehead atoms. The third-order valence-corrected chi connectivity index (χ3v) is 3.53. The van der Waals surface area contributed by atoms with E-state index >= 15 is 0 Å². The fraction of sp³-hybridized carbons (Fsp3) is 0.471. The third-order valence-electron chi connectivity index (χ3n) is 3.53. The Morgan fingerprint density at radius 1 is 1.14 bits per heavy atom. The summed E-state index contributed by atoms with van der Waals surface area (Å²) >= 11 is 0. The van der Waals surface area contributed by atoms with Gasteiger partial charge in [-0.2, -0.15) is 4.98 Å². The normalized spacial score (nSPS) is 12.3. The van der Waals surface area contributed by atoms with Crippen molar-refractivity contribution < 1.29 is 14.3 Å².